The van der Waals surface area contributed by atoms with Crippen molar-refractivity contribution in [1.29, 1.82) is 0 Å². The molecule has 0 aliphatic rings. The quantitative estimate of drug-likeness (QED) is 0.829. The Kier molecular flexibility index (Phi) is 4.48. The zero-order valence-electron chi connectivity index (χ0n) is 10.7. The maximum absolute atomic E-state index is 13.6. The minimum Gasteiger partial charge on any atom is -0.494 e. The fourth-order valence-electron chi connectivity index (χ4n) is 1.87. The Balaban J connectivity index is 3.08. The van der Waals surface area contributed by atoms with Gasteiger partial charge in [-0.05, 0) is 38.5 Å². The van der Waals surface area contributed by atoms with Crippen LogP contribution in [0, 0.1) is 5.82 Å². The highest BCUT2D eigenvalue weighted by atomic mass is 19.1. The van der Waals surface area contributed by atoms with Gasteiger partial charge in [-0.15, -0.1) is 0 Å². The zero-order valence-corrected chi connectivity index (χ0v) is 10.7. The molecule has 1 atom stereocenters. The largest absolute Gasteiger partial charge is 0.494 e. The molecule has 0 bridgehead atoms. The van der Waals surface area contributed by atoms with E-state index in [-0.39, 0.29) is 18.4 Å². The molecule has 0 radical (unpaired) electrons. The summed E-state index contributed by atoms with van der Waals surface area (Å²) in [4.78, 5) is 0. The van der Waals surface area contributed by atoms with Crippen LogP contribution >= 0.6 is 0 Å². The van der Waals surface area contributed by atoms with E-state index in [1.54, 1.807) is 12.1 Å². The van der Waals surface area contributed by atoms with E-state index in [1.165, 1.54) is 13.2 Å². The highest BCUT2D eigenvalue weighted by Gasteiger charge is 2.27. The predicted octanol–water partition coefficient (Wildman–Crippen LogP) is 2.04. The maximum Gasteiger partial charge on any atom is 0.165 e. The number of methoxy groups -OCH3 is 1. The molecular weight excluding hydrogens is 221 g/mol. The van der Waals surface area contributed by atoms with E-state index in [2.05, 4.69) is 5.32 Å². The van der Waals surface area contributed by atoms with Gasteiger partial charge in [0, 0.05) is 6.04 Å². The molecule has 0 aliphatic heterocycles. The van der Waals surface area contributed by atoms with Crippen LogP contribution in [0.3, 0.4) is 0 Å². The summed E-state index contributed by atoms with van der Waals surface area (Å²) < 4.78 is 18.5. The van der Waals surface area contributed by atoms with E-state index in [1.807, 2.05) is 20.8 Å². The van der Waals surface area contributed by atoms with Crippen LogP contribution < -0.4 is 10.1 Å². The van der Waals surface area contributed by atoms with Crippen molar-refractivity contribution >= 4 is 0 Å². The molecule has 1 rings (SSSR count). The standard InChI is InChI=1S/C13H20FNO2/c1-9(2)15-13(3,8-16)10-5-6-12(17-4)11(14)7-10/h5-7,9,15-16H,8H2,1-4H3. The number of hydrogen-bond donors (Lipinski definition) is 2. The van der Waals surface area contributed by atoms with E-state index >= 15 is 0 Å². The van der Waals surface area contributed by atoms with Gasteiger partial charge in [0.15, 0.2) is 11.6 Å². The summed E-state index contributed by atoms with van der Waals surface area (Å²) >= 11 is 0. The second-order valence-electron chi connectivity index (χ2n) is 4.64. The van der Waals surface area contributed by atoms with E-state index < -0.39 is 11.4 Å². The summed E-state index contributed by atoms with van der Waals surface area (Å²) in [5.74, 6) is -0.214. The van der Waals surface area contributed by atoms with Gasteiger partial charge in [-0.2, -0.15) is 0 Å². The summed E-state index contributed by atoms with van der Waals surface area (Å²) in [6, 6.07) is 4.91. The SMILES string of the molecule is COc1ccc(C(C)(CO)NC(C)C)cc1F. The first-order chi connectivity index (χ1) is 7.92. The monoisotopic (exact) mass is 241 g/mol. The molecule has 0 heterocycles. The maximum atomic E-state index is 13.6. The van der Waals surface area contributed by atoms with E-state index in [0.29, 0.717) is 5.56 Å². The second kappa shape index (κ2) is 5.47. The molecule has 0 aromatic heterocycles. The lowest BCUT2D eigenvalue weighted by atomic mass is 9.92. The van der Waals surface area contributed by atoms with Crippen molar-refractivity contribution in [2.24, 2.45) is 0 Å². The third-order valence-corrected chi connectivity index (χ3v) is 2.71. The zero-order chi connectivity index (χ0) is 13.1. The van der Waals surface area contributed by atoms with Crippen molar-refractivity contribution in [3.8, 4) is 5.75 Å². The highest BCUT2D eigenvalue weighted by Crippen LogP contribution is 2.26. The second-order valence-corrected chi connectivity index (χ2v) is 4.64. The molecule has 1 unspecified atom stereocenters. The lowest BCUT2D eigenvalue weighted by molar-refractivity contribution is 0.165. The summed E-state index contributed by atoms with van der Waals surface area (Å²) in [6.45, 7) is 5.70. The first-order valence-electron chi connectivity index (χ1n) is 5.65. The Hall–Kier alpha value is -1.13. The van der Waals surface area contributed by atoms with Crippen molar-refractivity contribution in [3.63, 3.8) is 0 Å². The third kappa shape index (κ3) is 3.17. The van der Waals surface area contributed by atoms with Crippen LogP contribution in [-0.4, -0.2) is 24.9 Å². The Morgan fingerprint density at radius 2 is 2.12 bits per heavy atom. The molecule has 1 aromatic carbocycles. The first kappa shape index (κ1) is 13.9. The minimum atomic E-state index is -0.652. The Bertz CT molecular complexity index is 382. The molecule has 0 spiro atoms. The van der Waals surface area contributed by atoms with Gasteiger partial charge >= 0.3 is 0 Å². The first-order valence-corrected chi connectivity index (χ1v) is 5.65. The van der Waals surface area contributed by atoms with Crippen LogP contribution in [0.15, 0.2) is 18.2 Å². The van der Waals surface area contributed by atoms with Gasteiger partial charge in [-0.1, -0.05) is 6.07 Å². The highest BCUT2D eigenvalue weighted by molar-refractivity contribution is 5.33. The third-order valence-electron chi connectivity index (χ3n) is 2.71. The fraction of sp³-hybridized carbons (Fsp3) is 0.538. The molecular formula is C13H20FNO2. The van der Waals surface area contributed by atoms with Crippen LogP contribution in [0.2, 0.25) is 0 Å². The van der Waals surface area contributed by atoms with Crippen molar-refractivity contribution < 1.29 is 14.2 Å². The van der Waals surface area contributed by atoms with Crippen LogP contribution in [0.1, 0.15) is 26.3 Å². The van der Waals surface area contributed by atoms with Gasteiger partial charge in [-0.3, -0.25) is 0 Å². The van der Waals surface area contributed by atoms with Gasteiger partial charge in [0.25, 0.3) is 0 Å². The number of nitrogens with one attached hydrogen (secondary N) is 1. The number of hydrogen-bond acceptors (Lipinski definition) is 3. The molecule has 3 nitrogen and oxygen atoms in total. The van der Waals surface area contributed by atoms with Crippen LogP contribution in [-0.2, 0) is 5.54 Å². The summed E-state index contributed by atoms with van der Waals surface area (Å²) in [5, 5.41) is 12.7. The lowest BCUT2D eigenvalue weighted by Crippen LogP contribution is -2.46. The van der Waals surface area contributed by atoms with Gasteiger partial charge < -0.3 is 15.2 Å². The summed E-state index contributed by atoms with van der Waals surface area (Å²) in [6.07, 6.45) is 0. The van der Waals surface area contributed by atoms with Gasteiger partial charge in [0.1, 0.15) is 0 Å². The number of aliphatic hydroxyl groups is 1. The van der Waals surface area contributed by atoms with Gasteiger partial charge in [0.2, 0.25) is 0 Å². The van der Waals surface area contributed by atoms with Crippen LogP contribution in [0.4, 0.5) is 4.39 Å². The number of ether oxygens (including phenoxy) is 1. The number of benzene rings is 1. The van der Waals surface area contributed by atoms with Crippen molar-refractivity contribution in [1.82, 2.24) is 5.32 Å². The molecule has 0 saturated carbocycles. The molecule has 0 aliphatic carbocycles. The summed E-state index contributed by atoms with van der Waals surface area (Å²) in [7, 11) is 1.43. The van der Waals surface area contributed by atoms with Crippen LogP contribution in [0.25, 0.3) is 0 Å². The van der Waals surface area contributed by atoms with E-state index in [9.17, 15) is 9.50 Å². The molecule has 0 amide bonds. The van der Waals surface area contributed by atoms with Crippen molar-refractivity contribution in [3.05, 3.63) is 29.6 Å². The van der Waals surface area contributed by atoms with Crippen molar-refractivity contribution in [2.45, 2.75) is 32.4 Å². The van der Waals surface area contributed by atoms with Gasteiger partial charge in [-0.25, -0.2) is 4.39 Å². The topological polar surface area (TPSA) is 41.5 Å². The minimum absolute atomic E-state index is 0.100. The average Bonchev–Trinajstić information content (AvgIpc) is 2.27. The number of aliphatic hydroxyl groups excluding tert-OH is 1. The molecule has 96 valence electrons. The molecule has 4 heteroatoms. The molecule has 0 saturated heterocycles. The fourth-order valence-corrected chi connectivity index (χ4v) is 1.87. The molecule has 1 aromatic rings. The van der Waals surface area contributed by atoms with E-state index in [0.717, 1.165) is 0 Å². The average molecular weight is 241 g/mol. The predicted molar refractivity (Wildman–Crippen MR) is 65.7 cm³/mol. The Morgan fingerprint density at radius 1 is 1.47 bits per heavy atom. The van der Waals surface area contributed by atoms with Gasteiger partial charge in [0.05, 0.1) is 19.3 Å². The van der Waals surface area contributed by atoms with Crippen LogP contribution in [0.5, 0.6) is 5.75 Å². The number of halogens is 1. The Labute approximate surface area is 102 Å². The smallest absolute Gasteiger partial charge is 0.165 e. The molecule has 0 fully saturated rings. The molecule has 2 N–H and O–H groups in total. The number of rotatable bonds is 5. The van der Waals surface area contributed by atoms with E-state index in [4.69, 9.17) is 4.74 Å². The van der Waals surface area contributed by atoms with Crippen molar-refractivity contribution in [2.75, 3.05) is 13.7 Å². The lowest BCUT2D eigenvalue weighted by Gasteiger charge is -2.31. The normalized spacial score (nSPS) is 14.8. The molecule has 17 heavy (non-hydrogen) atoms. The summed E-state index contributed by atoms with van der Waals surface area (Å²) in [5.41, 5.74) is 0.0494. The Morgan fingerprint density at radius 3 is 2.53 bits per heavy atom.